The van der Waals surface area contributed by atoms with Gasteiger partial charge in [0.15, 0.2) is 0 Å². The van der Waals surface area contributed by atoms with Crippen molar-refractivity contribution in [3.05, 3.63) is 18.0 Å². The predicted octanol–water partition coefficient (Wildman–Crippen LogP) is 1.68. The molecule has 0 aliphatic heterocycles. The molecular weight excluding hydrogens is 242 g/mol. The first kappa shape index (κ1) is 11.7. The van der Waals surface area contributed by atoms with Gasteiger partial charge in [0.25, 0.3) is 0 Å². The molecule has 80 valence electrons. The van der Waals surface area contributed by atoms with Crippen molar-refractivity contribution in [2.45, 2.75) is 18.2 Å². The van der Waals surface area contributed by atoms with Gasteiger partial charge < -0.3 is 4.90 Å². The van der Waals surface area contributed by atoms with E-state index in [1.54, 1.807) is 0 Å². The molecule has 1 unspecified atom stereocenters. The van der Waals surface area contributed by atoms with Crippen LogP contribution in [0.4, 0.5) is 0 Å². The molecule has 0 saturated heterocycles. The summed E-state index contributed by atoms with van der Waals surface area (Å²) in [6.45, 7) is 4.33. The summed E-state index contributed by atoms with van der Waals surface area (Å²) in [5, 5.41) is 4.14. The Morgan fingerprint density at radius 2 is 2.36 bits per heavy atom. The summed E-state index contributed by atoms with van der Waals surface area (Å²) < 4.78 is 1.94. The molecule has 0 fully saturated rings. The highest BCUT2D eigenvalue weighted by molar-refractivity contribution is 9.09. The Bertz CT molecular complexity index is 270. The Hall–Kier alpha value is -0.350. The van der Waals surface area contributed by atoms with E-state index in [1.807, 2.05) is 17.9 Å². The molecule has 0 N–H and O–H groups in total. The van der Waals surface area contributed by atoms with Crippen molar-refractivity contribution in [3.63, 3.8) is 0 Å². The van der Waals surface area contributed by atoms with Crippen LogP contribution in [0.25, 0.3) is 0 Å². The van der Waals surface area contributed by atoms with Gasteiger partial charge >= 0.3 is 0 Å². The van der Waals surface area contributed by atoms with Crippen molar-refractivity contribution in [2.75, 3.05) is 20.1 Å². The van der Waals surface area contributed by atoms with Gasteiger partial charge in [0.1, 0.15) is 0 Å². The molecule has 0 bridgehead atoms. The lowest BCUT2D eigenvalue weighted by atomic mass is 10.3. The Kier molecular flexibility index (Phi) is 4.62. The van der Waals surface area contributed by atoms with Crippen molar-refractivity contribution in [1.82, 2.24) is 14.7 Å². The van der Waals surface area contributed by atoms with Crippen molar-refractivity contribution < 1.29 is 0 Å². The lowest BCUT2D eigenvalue weighted by Gasteiger charge is -2.17. The monoisotopic (exact) mass is 259 g/mol. The lowest BCUT2D eigenvalue weighted by molar-refractivity contribution is 0.341. The largest absolute Gasteiger partial charge is 0.305 e. The van der Waals surface area contributed by atoms with Gasteiger partial charge in [-0.15, -0.1) is 0 Å². The van der Waals surface area contributed by atoms with Gasteiger partial charge in [0.2, 0.25) is 0 Å². The molecular formula is C10H18BrN3. The van der Waals surface area contributed by atoms with Crippen LogP contribution in [0.3, 0.4) is 0 Å². The maximum atomic E-state index is 4.14. The summed E-state index contributed by atoms with van der Waals surface area (Å²) in [6, 6.07) is 2.07. The van der Waals surface area contributed by atoms with E-state index in [2.05, 4.69) is 46.0 Å². The van der Waals surface area contributed by atoms with Crippen LogP contribution in [-0.4, -0.2) is 39.6 Å². The second-order valence-corrected chi connectivity index (χ2v) is 5.30. The molecule has 0 aliphatic rings. The number of rotatable bonds is 5. The van der Waals surface area contributed by atoms with Gasteiger partial charge in [-0.25, -0.2) is 0 Å². The smallest absolute Gasteiger partial charge is 0.0492 e. The number of nitrogens with zero attached hydrogens (tertiary/aromatic N) is 3. The van der Waals surface area contributed by atoms with Crippen molar-refractivity contribution >= 4 is 15.9 Å². The maximum Gasteiger partial charge on any atom is 0.0492 e. The van der Waals surface area contributed by atoms with Gasteiger partial charge in [-0.3, -0.25) is 4.68 Å². The molecule has 1 atom stereocenters. The van der Waals surface area contributed by atoms with Gasteiger partial charge in [0.05, 0.1) is 0 Å². The van der Waals surface area contributed by atoms with E-state index >= 15 is 0 Å². The number of alkyl halides is 1. The van der Waals surface area contributed by atoms with Crippen LogP contribution in [0.5, 0.6) is 0 Å². The van der Waals surface area contributed by atoms with Crippen LogP contribution in [-0.2, 0) is 13.5 Å². The molecule has 1 rings (SSSR count). The molecule has 3 nitrogen and oxygen atoms in total. The molecule has 0 amide bonds. The van der Waals surface area contributed by atoms with Gasteiger partial charge in [-0.05, 0) is 13.1 Å². The number of hydrogen-bond acceptors (Lipinski definition) is 2. The summed E-state index contributed by atoms with van der Waals surface area (Å²) in [5.41, 5.74) is 1.29. The van der Waals surface area contributed by atoms with E-state index in [9.17, 15) is 0 Å². The number of hydrogen-bond donors (Lipinski definition) is 0. The maximum absolute atomic E-state index is 4.14. The minimum atomic E-state index is 0.555. The topological polar surface area (TPSA) is 21.1 Å². The third kappa shape index (κ3) is 3.80. The quantitative estimate of drug-likeness (QED) is 0.751. The summed E-state index contributed by atoms with van der Waals surface area (Å²) in [6.07, 6.45) is 2.91. The van der Waals surface area contributed by atoms with E-state index in [0.29, 0.717) is 4.83 Å². The van der Waals surface area contributed by atoms with E-state index in [4.69, 9.17) is 0 Å². The molecule has 0 spiro atoms. The fourth-order valence-corrected chi connectivity index (χ4v) is 1.97. The number of aryl methyl sites for hydroxylation is 1. The SMILES string of the molecule is CC(Br)CN(C)CCc1ccnn1C. The van der Waals surface area contributed by atoms with Crippen molar-refractivity contribution in [1.29, 1.82) is 0 Å². The highest BCUT2D eigenvalue weighted by Crippen LogP contribution is 2.02. The van der Waals surface area contributed by atoms with Crippen molar-refractivity contribution in [2.24, 2.45) is 7.05 Å². The van der Waals surface area contributed by atoms with Crippen LogP contribution in [0.15, 0.2) is 12.3 Å². The number of aromatic nitrogens is 2. The first-order chi connectivity index (χ1) is 6.59. The van der Waals surface area contributed by atoms with Crippen LogP contribution in [0, 0.1) is 0 Å². The zero-order valence-corrected chi connectivity index (χ0v) is 10.7. The van der Waals surface area contributed by atoms with Gasteiger partial charge in [-0.2, -0.15) is 5.10 Å². The third-order valence-corrected chi connectivity index (χ3v) is 2.52. The molecule has 1 heterocycles. The second kappa shape index (κ2) is 5.51. The molecule has 1 aromatic heterocycles. The standard InChI is InChI=1S/C10H18BrN3/c1-9(11)8-13(2)7-5-10-4-6-12-14(10)3/h4,6,9H,5,7-8H2,1-3H3. The fourth-order valence-electron chi connectivity index (χ4n) is 1.47. The van der Waals surface area contributed by atoms with Crippen LogP contribution < -0.4 is 0 Å². The molecule has 0 saturated carbocycles. The summed E-state index contributed by atoms with van der Waals surface area (Å²) in [7, 11) is 4.14. The normalized spacial score (nSPS) is 13.5. The van der Waals surface area contributed by atoms with Gasteiger partial charge in [0, 0.05) is 43.3 Å². The predicted molar refractivity (Wildman–Crippen MR) is 62.8 cm³/mol. The zero-order chi connectivity index (χ0) is 10.6. The fraction of sp³-hybridized carbons (Fsp3) is 0.700. The zero-order valence-electron chi connectivity index (χ0n) is 9.07. The summed E-state index contributed by atoms with van der Waals surface area (Å²) in [5.74, 6) is 0. The summed E-state index contributed by atoms with van der Waals surface area (Å²) >= 11 is 3.55. The van der Waals surface area contributed by atoms with Crippen LogP contribution >= 0.6 is 15.9 Å². The average Bonchev–Trinajstić information content (AvgIpc) is 2.46. The highest BCUT2D eigenvalue weighted by atomic mass is 79.9. The number of halogens is 1. The Balaban J connectivity index is 2.30. The minimum absolute atomic E-state index is 0.555. The summed E-state index contributed by atoms with van der Waals surface area (Å²) in [4.78, 5) is 2.88. The minimum Gasteiger partial charge on any atom is -0.305 e. The van der Waals surface area contributed by atoms with E-state index < -0.39 is 0 Å². The second-order valence-electron chi connectivity index (χ2n) is 3.74. The molecule has 1 aromatic rings. The Morgan fingerprint density at radius 1 is 1.64 bits per heavy atom. The third-order valence-electron chi connectivity index (χ3n) is 2.24. The first-order valence-electron chi connectivity index (χ1n) is 4.89. The van der Waals surface area contributed by atoms with Crippen molar-refractivity contribution in [3.8, 4) is 0 Å². The molecule has 4 heteroatoms. The number of likely N-dealkylation sites (N-methyl/N-ethyl adjacent to an activating group) is 1. The highest BCUT2D eigenvalue weighted by Gasteiger charge is 2.04. The lowest BCUT2D eigenvalue weighted by Crippen LogP contribution is -2.27. The van der Waals surface area contributed by atoms with E-state index in [-0.39, 0.29) is 0 Å². The van der Waals surface area contributed by atoms with E-state index in [1.165, 1.54) is 5.69 Å². The van der Waals surface area contributed by atoms with Crippen LogP contribution in [0.1, 0.15) is 12.6 Å². The van der Waals surface area contributed by atoms with Crippen LogP contribution in [0.2, 0.25) is 0 Å². The van der Waals surface area contributed by atoms with Gasteiger partial charge in [-0.1, -0.05) is 22.9 Å². The van der Waals surface area contributed by atoms with E-state index in [0.717, 1.165) is 19.5 Å². The molecule has 14 heavy (non-hydrogen) atoms. The Morgan fingerprint density at radius 3 is 2.86 bits per heavy atom. The Labute approximate surface area is 94.2 Å². The average molecular weight is 260 g/mol. The molecule has 0 aromatic carbocycles. The molecule has 0 radical (unpaired) electrons. The molecule has 0 aliphatic carbocycles. The first-order valence-corrected chi connectivity index (χ1v) is 5.80.